The van der Waals surface area contributed by atoms with Gasteiger partial charge >= 0.3 is 0 Å². The number of halogens is 2. The molecule has 1 aromatic heterocycles. The number of aromatic nitrogens is 1. The molecule has 1 aliphatic carbocycles. The molecule has 0 N–H and O–H groups in total. The highest BCUT2D eigenvalue weighted by Crippen LogP contribution is 2.36. The van der Waals surface area contributed by atoms with E-state index in [1.807, 2.05) is 4.90 Å². The molecule has 20 heavy (non-hydrogen) atoms. The van der Waals surface area contributed by atoms with Gasteiger partial charge in [0.2, 0.25) is 0 Å². The number of rotatable bonds is 1. The molecule has 1 saturated heterocycles. The average Bonchev–Trinajstić information content (AvgIpc) is 2.48. The van der Waals surface area contributed by atoms with Crippen molar-refractivity contribution in [2.75, 3.05) is 6.54 Å². The molecular weight excluding hydrogens is 295 g/mol. The van der Waals surface area contributed by atoms with Crippen LogP contribution in [0.4, 0.5) is 0 Å². The average molecular weight is 313 g/mol. The normalized spacial score (nSPS) is 26.2. The van der Waals surface area contributed by atoms with Gasteiger partial charge in [-0.05, 0) is 43.7 Å². The largest absolute Gasteiger partial charge is 0.334 e. The summed E-state index contributed by atoms with van der Waals surface area (Å²) in [6, 6.07) is 3.62. The van der Waals surface area contributed by atoms with E-state index in [4.69, 9.17) is 23.2 Å². The van der Waals surface area contributed by atoms with Crippen molar-refractivity contribution in [1.29, 1.82) is 0 Å². The van der Waals surface area contributed by atoms with E-state index < -0.39 is 0 Å². The highest BCUT2D eigenvalue weighted by molar-refractivity contribution is 6.34. The Morgan fingerprint density at radius 2 is 1.90 bits per heavy atom. The lowest BCUT2D eigenvalue weighted by Crippen LogP contribution is -2.49. The molecule has 2 unspecified atom stereocenters. The Bertz CT molecular complexity index is 519. The van der Waals surface area contributed by atoms with Crippen LogP contribution in [0.5, 0.6) is 0 Å². The van der Waals surface area contributed by atoms with Gasteiger partial charge < -0.3 is 4.90 Å². The van der Waals surface area contributed by atoms with Crippen molar-refractivity contribution < 1.29 is 4.79 Å². The van der Waals surface area contributed by atoms with Crippen LogP contribution in [0.1, 0.15) is 49.0 Å². The highest BCUT2D eigenvalue weighted by Gasteiger charge is 2.36. The third kappa shape index (κ3) is 2.66. The first-order valence-corrected chi connectivity index (χ1v) is 8.05. The summed E-state index contributed by atoms with van der Waals surface area (Å²) in [5, 5.41) is 0.701. The van der Waals surface area contributed by atoms with Gasteiger partial charge in [-0.15, -0.1) is 0 Å². The molecule has 5 heteroatoms. The van der Waals surface area contributed by atoms with E-state index in [0.717, 1.165) is 19.4 Å². The summed E-state index contributed by atoms with van der Waals surface area (Å²) >= 11 is 12.0. The third-order valence-electron chi connectivity index (χ3n) is 4.52. The molecular formula is C15H18Cl2N2O. The topological polar surface area (TPSA) is 33.2 Å². The zero-order valence-electron chi connectivity index (χ0n) is 11.3. The number of hydrogen-bond donors (Lipinski definition) is 0. The number of carbonyl (C=O) groups is 1. The molecule has 2 aliphatic rings. The van der Waals surface area contributed by atoms with Crippen LogP contribution in [0.2, 0.25) is 10.2 Å². The van der Waals surface area contributed by atoms with Gasteiger partial charge in [0, 0.05) is 12.6 Å². The van der Waals surface area contributed by atoms with Gasteiger partial charge in [0.25, 0.3) is 5.91 Å². The molecule has 3 nitrogen and oxygen atoms in total. The van der Waals surface area contributed by atoms with Gasteiger partial charge in [0.05, 0.1) is 5.02 Å². The van der Waals surface area contributed by atoms with Crippen LogP contribution >= 0.6 is 23.2 Å². The Balaban J connectivity index is 1.87. The predicted octanol–water partition coefficient (Wildman–Crippen LogP) is 4.18. The molecule has 2 heterocycles. The van der Waals surface area contributed by atoms with Crippen LogP contribution in [0.25, 0.3) is 0 Å². The zero-order chi connectivity index (χ0) is 14.1. The van der Waals surface area contributed by atoms with Gasteiger partial charge in [-0.25, -0.2) is 4.98 Å². The first kappa shape index (κ1) is 14.2. The Morgan fingerprint density at radius 1 is 1.15 bits per heavy atom. The number of hydrogen-bond acceptors (Lipinski definition) is 2. The number of piperidine rings is 1. The van der Waals surface area contributed by atoms with Crippen molar-refractivity contribution in [3.8, 4) is 0 Å². The molecule has 108 valence electrons. The fourth-order valence-corrected chi connectivity index (χ4v) is 3.91. The van der Waals surface area contributed by atoms with Crippen molar-refractivity contribution in [3.05, 3.63) is 28.0 Å². The summed E-state index contributed by atoms with van der Waals surface area (Å²) in [4.78, 5) is 18.9. The third-order valence-corrected chi connectivity index (χ3v) is 5.03. The van der Waals surface area contributed by atoms with E-state index >= 15 is 0 Å². The Morgan fingerprint density at radius 3 is 2.75 bits per heavy atom. The lowest BCUT2D eigenvalue weighted by molar-refractivity contribution is 0.0385. The van der Waals surface area contributed by atoms with Gasteiger partial charge in [-0.3, -0.25) is 4.79 Å². The van der Waals surface area contributed by atoms with Crippen molar-refractivity contribution >= 4 is 29.1 Å². The SMILES string of the molecule is O=C(c1nc(Cl)ccc1Cl)N1CCCC2CCCCC21. The Hall–Kier alpha value is -0.800. The van der Waals surface area contributed by atoms with Gasteiger partial charge in [0.1, 0.15) is 10.8 Å². The van der Waals surface area contributed by atoms with Crippen molar-refractivity contribution in [3.63, 3.8) is 0 Å². The van der Waals surface area contributed by atoms with Crippen molar-refractivity contribution in [2.45, 2.75) is 44.6 Å². The number of likely N-dealkylation sites (tertiary alicyclic amines) is 1. The molecule has 0 spiro atoms. The lowest BCUT2D eigenvalue weighted by atomic mass is 9.78. The minimum atomic E-state index is -0.0610. The summed E-state index contributed by atoms with van der Waals surface area (Å²) in [6.45, 7) is 0.810. The standard InChI is InChI=1S/C15H18Cl2N2O/c16-11-7-8-13(17)18-14(11)15(20)19-9-3-5-10-4-1-2-6-12(10)19/h7-8,10,12H,1-6,9H2. The smallest absolute Gasteiger partial charge is 0.274 e. The maximum Gasteiger partial charge on any atom is 0.274 e. The Kier molecular flexibility index (Phi) is 4.18. The number of amides is 1. The van der Waals surface area contributed by atoms with E-state index in [0.29, 0.717) is 27.8 Å². The highest BCUT2D eigenvalue weighted by atomic mass is 35.5. The molecule has 2 fully saturated rings. The van der Waals surface area contributed by atoms with E-state index in [2.05, 4.69) is 4.98 Å². The maximum absolute atomic E-state index is 12.7. The molecule has 0 bridgehead atoms. The van der Waals surface area contributed by atoms with Gasteiger partial charge in [-0.1, -0.05) is 36.0 Å². The van der Waals surface area contributed by atoms with Crippen molar-refractivity contribution in [2.24, 2.45) is 5.92 Å². The molecule has 0 aromatic carbocycles. The summed E-state index contributed by atoms with van der Waals surface area (Å²) in [6.07, 6.45) is 7.16. The van der Waals surface area contributed by atoms with Crippen LogP contribution < -0.4 is 0 Å². The van der Waals surface area contributed by atoms with E-state index in [-0.39, 0.29) is 5.91 Å². The van der Waals surface area contributed by atoms with Crippen LogP contribution in [-0.4, -0.2) is 28.4 Å². The van der Waals surface area contributed by atoms with E-state index in [9.17, 15) is 4.79 Å². The summed E-state index contributed by atoms with van der Waals surface area (Å²) < 4.78 is 0. The van der Waals surface area contributed by atoms with Crippen LogP contribution in [0.15, 0.2) is 12.1 Å². The maximum atomic E-state index is 12.7. The van der Waals surface area contributed by atoms with E-state index in [1.54, 1.807) is 12.1 Å². The lowest BCUT2D eigenvalue weighted by Gasteiger charge is -2.44. The minimum absolute atomic E-state index is 0.0610. The second kappa shape index (κ2) is 5.90. The van der Waals surface area contributed by atoms with E-state index in [1.165, 1.54) is 25.7 Å². The summed E-state index contributed by atoms with van der Waals surface area (Å²) in [7, 11) is 0. The van der Waals surface area contributed by atoms with Gasteiger partial charge in [-0.2, -0.15) is 0 Å². The quantitative estimate of drug-likeness (QED) is 0.729. The van der Waals surface area contributed by atoms with Crippen LogP contribution in [-0.2, 0) is 0 Å². The molecule has 2 atom stereocenters. The van der Waals surface area contributed by atoms with Gasteiger partial charge in [0.15, 0.2) is 0 Å². The second-order valence-electron chi connectivity index (χ2n) is 5.72. The number of carbonyl (C=O) groups excluding carboxylic acids is 1. The first-order chi connectivity index (χ1) is 9.66. The fourth-order valence-electron chi connectivity index (χ4n) is 3.58. The van der Waals surface area contributed by atoms with Crippen molar-refractivity contribution in [1.82, 2.24) is 9.88 Å². The molecule has 3 rings (SSSR count). The second-order valence-corrected chi connectivity index (χ2v) is 6.51. The Labute approximate surface area is 129 Å². The monoisotopic (exact) mass is 312 g/mol. The molecule has 1 aliphatic heterocycles. The van der Waals surface area contributed by atoms with Crippen LogP contribution in [0, 0.1) is 5.92 Å². The number of nitrogens with zero attached hydrogens (tertiary/aromatic N) is 2. The molecule has 0 radical (unpaired) electrons. The minimum Gasteiger partial charge on any atom is -0.334 e. The zero-order valence-corrected chi connectivity index (χ0v) is 12.8. The first-order valence-electron chi connectivity index (χ1n) is 7.30. The predicted molar refractivity (Wildman–Crippen MR) is 80.3 cm³/mol. The molecule has 1 amide bonds. The number of fused-ring (bicyclic) bond motifs is 1. The summed E-state index contributed by atoms with van der Waals surface area (Å²) in [5.41, 5.74) is 0.297. The molecule has 1 saturated carbocycles. The summed E-state index contributed by atoms with van der Waals surface area (Å²) in [5.74, 6) is 0.591. The van der Waals surface area contributed by atoms with Crippen LogP contribution in [0.3, 0.4) is 0 Å². The molecule has 1 aromatic rings. The fraction of sp³-hybridized carbons (Fsp3) is 0.600. The number of pyridine rings is 1.